The lowest BCUT2D eigenvalue weighted by molar-refractivity contribution is -0.126. The number of carbonyl (C=O) groups is 1. The van der Waals surface area contributed by atoms with Gasteiger partial charge >= 0.3 is 0 Å². The van der Waals surface area contributed by atoms with E-state index in [0.29, 0.717) is 19.1 Å². The average molecular weight is 224 g/mol. The van der Waals surface area contributed by atoms with Gasteiger partial charge in [-0.15, -0.1) is 0 Å². The van der Waals surface area contributed by atoms with Crippen molar-refractivity contribution in [2.24, 2.45) is 5.92 Å². The summed E-state index contributed by atoms with van der Waals surface area (Å²) in [4.78, 5) is 13.3. The number of methoxy groups -OCH3 is 1. The lowest BCUT2D eigenvalue weighted by atomic mass is 10.1. The molecule has 0 fully saturated rings. The maximum absolute atomic E-state index is 11.8. The molecule has 0 heterocycles. The van der Waals surface area contributed by atoms with Gasteiger partial charge in [-0.2, -0.15) is 5.26 Å². The normalized spacial score (nSPS) is 11.4. The highest BCUT2D eigenvalue weighted by Crippen LogP contribution is 2.06. The molecule has 0 rings (SSSR count). The molecule has 0 saturated carbocycles. The van der Waals surface area contributed by atoms with E-state index in [4.69, 9.17) is 10.00 Å². The molecule has 0 bridgehead atoms. The van der Waals surface area contributed by atoms with E-state index in [2.05, 4.69) is 0 Å². The fourth-order valence-corrected chi connectivity index (χ4v) is 1.07. The van der Waals surface area contributed by atoms with Crippen LogP contribution in [0.5, 0.6) is 0 Å². The Morgan fingerprint density at radius 3 is 2.62 bits per heavy atom. The topological polar surface area (TPSA) is 53.3 Å². The summed E-state index contributed by atoms with van der Waals surface area (Å²) in [6.45, 7) is 5.07. The smallest absolute Gasteiger partial charge is 0.263 e. The van der Waals surface area contributed by atoms with E-state index in [1.165, 1.54) is 4.90 Å². The molecule has 0 radical (unpaired) electrons. The molecule has 90 valence electrons. The molecule has 0 N–H and O–H groups in total. The zero-order valence-electron chi connectivity index (χ0n) is 10.5. The average Bonchev–Trinajstić information content (AvgIpc) is 2.25. The summed E-state index contributed by atoms with van der Waals surface area (Å²) in [5.41, 5.74) is 0.215. The van der Waals surface area contributed by atoms with Crippen molar-refractivity contribution in [3.05, 3.63) is 11.6 Å². The molecule has 0 spiro atoms. The van der Waals surface area contributed by atoms with Crippen molar-refractivity contribution in [3.8, 4) is 6.07 Å². The first kappa shape index (κ1) is 14.7. The van der Waals surface area contributed by atoms with Crippen molar-refractivity contribution in [2.45, 2.75) is 20.3 Å². The molecule has 0 aromatic carbocycles. The van der Waals surface area contributed by atoms with Gasteiger partial charge < -0.3 is 9.64 Å². The number of rotatable bonds is 6. The van der Waals surface area contributed by atoms with Crippen LogP contribution in [0.2, 0.25) is 0 Å². The molecule has 0 unspecified atom stereocenters. The summed E-state index contributed by atoms with van der Waals surface area (Å²) in [5, 5.41) is 8.89. The van der Waals surface area contributed by atoms with Crippen molar-refractivity contribution in [1.29, 1.82) is 5.26 Å². The lowest BCUT2D eigenvalue weighted by Gasteiger charge is -2.15. The molecule has 0 aliphatic carbocycles. The molecule has 0 aromatic rings. The van der Waals surface area contributed by atoms with Gasteiger partial charge in [0.05, 0.1) is 6.61 Å². The Hall–Kier alpha value is -1.34. The zero-order valence-corrected chi connectivity index (χ0v) is 10.5. The quantitative estimate of drug-likeness (QED) is 0.508. The number of hydrogen-bond acceptors (Lipinski definition) is 3. The van der Waals surface area contributed by atoms with E-state index < -0.39 is 0 Å². The molecule has 0 saturated heterocycles. The number of likely N-dealkylation sites (N-methyl/N-ethyl adjacent to an activating group) is 1. The van der Waals surface area contributed by atoms with E-state index >= 15 is 0 Å². The number of ether oxygens (including phenoxy) is 1. The molecule has 4 nitrogen and oxygen atoms in total. The Kier molecular flexibility index (Phi) is 7.23. The second-order valence-corrected chi connectivity index (χ2v) is 4.08. The first-order chi connectivity index (χ1) is 7.52. The third-order valence-corrected chi connectivity index (χ3v) is 2.12. The molecule has 0 aliphatic rings. The number of amides is 1. The van der Waals surface area contributed by atoms with Crippen LogP contribution < -0.4 is 0 Å². The van der Waals surface area contributed by atoms with Crippen LogP contribution in [0.4, 0.5) is 0 Å². The maximum Gasteiger partial charge on any atom is 0.263 e. The Morgan fingerprint density at radius 1 is 1.56 bits per heavy atom. The van der Waals surface area contributed by atoms with Gasteiger partial charge in [-0.25, -0.2) is 0 Å². The summed E-state index contributed by atoms with van der Waals surface area (Å²) >= 11 is 0. The second kappa shape index (κ2) is 7.89. The number of carbonyl (C=O) groups excluding carboxylic acids is 1. The predicted octanol–water partition coefficient (Wildman–Crippen LogP) is 1.59. The first-order valence-corrected chi connectivity index (χ1v) is 5.37. The monoisotopic (exact) mass is 224 g/mol. The molecule has 0 aliphatic heterocycles. The first-order valence-electron chi connectivity index (χ1n) is 5.37. The molecule has 1 amide bonds. The zero-order chi connectivity index (χ0) is 12.6. The van der Waals surface area contributed by atoms with Gasteiger partial charge in [0.25, 0.3) is 5.91 Å². The van der Waals surface area contributed by atoms with Gasteiger partial charge in [-0.3, -0.25) is 4.79 Å². The molecule has 0 aromatic heterocycles. The number of hydrogen-bond donors (Lipinski definition) is 0. The third kappa shape index (κ3) is 5.52. The van der Waals surface area contributed by atoms with Crippen LogP contribution >= 0.6 is 0 Å². The number of allylic oxidation sites excluding steroid dienone is 1. The fourth-order valence-electron chi connectivity index (χ4n) is 1.07. The van der Waals surface area contributed by atoms with E-state index in [9.17, 15) is 4.79 Å². The van der Waals surface area contributed by atoms with Gasteiger partial charge in [0.2, 0.25) is 0 Å². The van der Waals surface area contributed by atoms with Gasteiger partial charge in [0.1, 0.15) is 11.6 Å². The fraction of sp³-hybridized carbons (Fsp3) is 0.667. The highest BCUT2D eigenvalue weighted by molar-refractivity contribution is 5.97. The summed E-state index contributed by atoms with van der Waals surface area (Å²) in [7, 11) is 3.25. The van der Waals surface area contributed by atoms with Crippen LogP contribution in [0.25, 0.3) is 0 Å². The van der Waals surface area contributed by atoms with Crippen molar-refractivity contribution < 1.29 is 9.53 Å². The van der Waals surface area contributed by atoms with Crippen LogP contribution in [0.3, 0.4) is 0 Å². The van der Waals surface area contributed by atoms with Crippen molar-refractivity contribution in [3.63, 3.8) is 0 Å². The maximum atomic E-state index is 11.8. The van der Waals surface area contributed by atoms with Gasteiger partial charge in [0.15, 0.2) is 0 Å². The van der Waals surface area contributed by atoms with Crippen molar-refractivity contribution in [1.82, 2.24) is 4.90 Å². The van der Waals surface area contributed by atoms with Crippen LogP contribution in [0, 0.1) is 17.2 Å². The minimum Gasteiger partial charge on any atom is -0.383 e. The summed E-state index contributed by atoms with van der Waals surface area (Å²) < 4.78 is 4.88. The van der Waals surface area contributed by atoms with E-state index in [1.807, 2.05) is 19.9 Å². The Labute approximate surface area is 97.5 Å². The third-order valence-electron chi connectivity index (χ3n) is 2.12. The van der Waals surface area contributed by atoms with E-state index in [-0.39, 0.29) is 11.5 Å². The highest BCUT2D eigenvalue weighted by atomic mass is 16.5. The minimum atomic E-state index is -0.236. The Bertz CT molecular complexity index is 290. The van der Waals surface area contributed by atoms with Gasteiger partial charge in [-0.05, 0) is 12.3 Å². The van der Waals surface area contributed by atoms with E-state index in [0.717, 1.165) is 6.42 Å². The molecule has 16 heavy (non-hydrogen) atoms. The Morgan fingerprint density at radius 2 is 2.19 bits per heavy atom. The second-order valence-electron chi connectivity index (χ2n) is 4.08. The minimum absolute atomic E-state index is 0.215. The van der Waals surface area contributed by atoms with Crippen LogP contribution in [-0.2, 0) is 9.53 Å². The largest absolute Gasteiger partial charge is 0.383 e. The predicted molar refractivity (Wildman–Crippen MR) is 62.7 cm³/mol. The molecular formula is C12H20N2O2. The highest BCUT2D eigenvalue weighted by Gasteiger charge is 2.13. The van der Waals surface area contributed by atoms with Crippen molar-refractivity contribution >= 4 is 5.91 Å². The standard InChI is InChI=1S/C12H20N2O2/c1-10(2)5-6-11(9-13)12(15)14(3)7-8-16-4/h6,10H,5,7-8H2,1-4H3/b11-6+. The van der Waals surface area contributed by atoms with Crippen LogP contribution in [0.1, 0.15) is 20.3 Å². The van der Waals surface area contributed by atoms with Crippen LogP contribution in [-0.4, -0.2) is 38.1 Å². The lowest BCUT2D eigenvalue weighted by Crippen LogP contribution is -2.30. The summed E-state index contributed by atoms with van der Waals surface area (Å²) in [6.07, 6.45) is 2.45. The van der Waals surface area contributed by atoms with Gasteiger partial charge in [0, 0.05) is 20.7 Å². The van der Waals surface area contributed by atoms with Crippen molar-refractivity contribution in [2.75, 3.05) is 27.3 Å². The van der Waals surface area contributed by atoms with E-state index in [1.54, 1.807) is 20.2 Å². The molecule has 4 heteroatoms. The summed E-state index contributed by atoms with van der Waals surface area (Å²) in [6, 6.07) is 1.94. The Balaban J connectivity index is 4.42. The molecular weight excluding hydrogens is 204 g/mol. The SMILES string of the molecule is COCCN(C)C(=O)/C(C#N)=C/CC(C)C. The number of nitrogens with zero attached hydrogens (tertiary/aromatic N) is 2. The van der Waals surface area contributed by atoms with Crippen LogP contribution in [0.15, 0.2) is 11.6 Å². The number of nitriles is 1. The summed E-state index contributed by atoms with van der Waals surface area (Å²) in [5.74, 6) is 0.209. The van der Waals surface area contributed by atoms with Gasteiger partial charge in [-0.1, -0.05) is 19.9 Å². The molecule has 0 atom stereocenters.